The summed E-state index contributed by atoms with van der Waals surface area (Å²) < 4.78 is 31.1. The summed E-state index contributed by atoms with van der Waals surface area (Å²) in [7, 11) is -2.40. The fourth-order valence-corrected chi connectivity index (χ4v) is 4.18. The summed E-state index contributed by atoms with van der Waals surface area (Å²) in [6.07, 6.45) is 1.02. The lowest BCUT2D eigenvalue weighted by Crippen LogP contribution is -2.45. The van der Waals surface area contributed by atoms with Gasteiger partial charge in [0.25, 0.3) is 0 Å². The number of carbonyl (C=O) groups is 1. The van der Waals surface area contributed by atoms with E-state index in [0.717, 1.165) is 16.1 Å². The van der Waals surface area contributed by atoms with Gasteiger partial charge in [-0.05, 0) is 55.8 Å². The number of methoxy groups -OCH3 is 1. The van der Waals surface area contributed by atoms with Gasteiger partial charge in [0.05, 0.1) is 19.1 Å². The Bertz CT molecular complexity index is 964. The predicted octanol–water partition coefficient (Wildman–Crippen LogP) is 4.10. The number of benzene rings is 2. The van der Waals surface area contributed by atoms with Gasteiger partial charge >= 0.3 is 0 Å². The first-order chi connectivity index (χ1) is 12.5. The van der Waals surface area contributed by atoms with Crippen LogP contribution in [0.15, 0.2) is 36.4 Å². The highest BCUT2D eigenvalue weighted by Gasteiger charge is 2.31. The molecule has 0 spiro atoms. The SMILES string of the molecule is COc1ccc(Cl)cc1N([C@@H](C)C(=O)Nc1ccc(Cl)cc1C)S(C)(=O)=O. The van der Waals surface area contributed by atoms with Crippen molar-refractivity contribution in [2.45, 2.75) is 19.9 Å². The van der Waals surface area contributed by atoms with Crippen molar-refractivity contribution >= 4 is 50.5 Å². The monoisotopic (exact) mass is 430 g/mol. The van der Waals surface area contributed by atoms with Gasteiger partial charge in [0.2, 0.25) is 15.9 Å². The van der Waals surface area contributed by atoms with Gasteiger partial charge in [-0.15, -0.1) is 0 Å². The number of nitrogens with one attached hydrogen (secondary N) is 1. The van der Waals surface area contributed by atoms with Crippen LogP contribution < -0.4 is 14.4 Å². The molecule has 1 amide bonds. The summed E-state index contributed by atoms with van der Waals surface area (Å²) in [6.45, 7) is 3.28. The van der Waals surface area contributed by atoms with Crippen molar-refractivity contribution in [2.75, 3.05) is 23.0 Å². The molecular weight excluding hydrogens is 411 g/mol. The molecule has 0 bridgehead atoms. The molecule has 2 aromatic rings. The van der Waals surface area contributed by atoms with E-state index in [2.05, 4.69) is 5.32 Å². The quantitative estimate of drug-likeness (QED) is 0.747. The zero-order valence-electron chi connectivity index (χ0n) is 15.3. The van der Waals surface area contributed by atoms with Gasteiger partial charge in [-0.3, -0.25) is 9.10 Å². The molecule has 9 heteroatoms. The summed E-state index contributed by atoms with van der Waals surface area (Å²) in [6, 6.07) is 8.52. The summed E-state index contributed by atoms with van der Waals surface area (Å²) in [5, 5.41) is 3.60. The number of ether oxygens (including phenoxy) is 1. The smallest absolute Gasteiger partial charge is 0.248 e. The van der Waals surface area contributed by atoms with Gasteiger partial charge in [0, 0.05) is 15.7 Å². The lowest BCUT2D eigenvalue weighted by atomic mass is 10.2. The first kappa shape index (κ1) is 21.3. The average Bonchev–Trinajstić information content (AvgIpc) is 2.56. The van der Waals surface area contributed by atoms with Crippen molar-refractivity contribution in [1.82, 2.24) is 0 Å². The van der Waals surface area contributed by atoms with E-state index in [1.165, 1.54) is 20.1 Å². The molecule has 146 valence electrons. The normalized spacial score (nSPS) is 12.4. The molecule has 0 radical (unpaired) electrons. The Balaban J connectivity index is 2.42. The summed E-state index contributed by atoms with van der Waals surface area (Å²) >= 11 is 12.0. The second-order valence-corrected chi connectivity index (χ2v) is 8.73. The Morgan fingerprint density at radius 1 is 1.15 bits per heavy atom. The fourth-order valence-electron chi connectivity index (χ4n) is 2.62. The molecular formula is C18H20Cl2N2O4S. The zero-order valence-corrected chi connectivity index (χ0v) is 17.6. The summed E-state index contributed by atoms with van der Waals surface area (Å²) in [4.78, 5) is 12.8. The van der Waals surface area contributed by atoms with Crippen molar-refractivity contribution in [3.63, 3.8) is 0 Å². The Kier molecular flexibility index (Phi) is 6.62. The minimum atomic E-state index is -3.81. The highest BCUT2D eigenvalue weighted by Crippen LogP contribution is 2.34. The number of amides is 1. The van der Waals surface area contributed by atoms with Gasteiger partial charge in [0.15, 0.2) is 0 Å². The first-order valence-electron chi connectivity index (χ1n) is 7.94. The van der Waals surface area contributed by atoms with Crippen LogP contribution in [0.4, 0.5) is 11.4 Å². The van der Waals surface area contributed by atoms with Crippen molar-refractivity contribution in [3.05, 3.63) is 52.0 Å². The highest BCUT2D eigenvalue weighted by molar-refractivity contribution is 7.92. The second-order valence-electron chi connectivity index (χ2n) is 6.00. The number of nitrogens with zero attached hydrogens (tertiary/aromatic N) is 1. The van der Waals surface area contributed by atoms with Crippen LogP contribution in [0.5, 0.6) is 5.75 Å². The van der Waals surface area contributed by atoms with Crippen LogP contribution in [0, 0.1) is 6.92 Å². The number of hydrogen-bond donors (Lipinski definition) is 1. The Morgan fingerprint density at radius 3 is 2.30 bits per heavy atom. The van der Waals surface area contributed by atoms with E-state index in [0.29, 0.717) is 15.7 Å². The largest absolute Gasteiger partial charge is 0.495 e. The molecule has 0 aliphatic heterocycles. The number of aryl methyl sites for hydroxylation is 1. The molecule has 0 aromatic heterocycles. The number of rotatable bonds is 6. The molecule has 0 heterocycles. The minimum absolute atomic E-state index is 0.183. The number of halogens is 2. The maximum absolute atomic E-state index is 12.8. The molecule has 0 aliphatic rings. The van der Waals surface area contributed by atoms with Crippen LogP contribution in [-0.4, -0.2) is 33.7 Å². The highest BCUT2D eigenvalue weighted by atomic mass is 35.5. The first-order valence-corrected chi connectivity index (χ1v) is 10.5. The third-order valence-electron chi connectivity index (χ3n) is 3.91. The molecule has 0 saturated carbocycles. The Hall–Kier alpha value is -1.96. The zero-order chi connectivity index (χ0) is 20.4. The second kappa shape index (κ2) is 8.37. The van der Waals surface area contributed by atoms with E-state index in [9.17, 15) is 13.2 Å². The van der Waals surface area contributed by atoms with Crippen LogP contribution in [0.1, 0.15) is 12.5 Å². The minimum Gasteiger partial charge on any atom is -0.495 e. The third-order valence-corrected chi connectivity index (χ3v) is 5.61. The molecule has 6 nitrogen and oxygen atoms in total. The number of anilines is 2. The molecule has 1 N–H and O–H groups in total. The Morgan fingerprint density at radius 2 is 1.74 bits per heavy atom. The molecule has 2 aromatic carbocycles. The van der Waals surface area contributed by atoms with E-state index in [1.807, 2.05) is 0 Å². The summed E-state index contributed by atoms with van der Waals surface area (Å²) in [5.74, 6) is -0.222. The van der Waals surface area contributed by atoms with Crippen molar-refractivity contribution < 1.29 is 17.9 Å². The van der Waals surface area contributed by atoms with Crippen LogP contribution in [0.2, 0.25) is 10.0 Å². The third kappa shape index (κ3) is 5.06. The number of sulfonamides is 1. The van der Waals surface area contributed by atoms with E-state index in [4.69, 9.17) is 27.9 Å². The van der Waals surface area contributed by atoms with Crippen LogP contribution >= 0.6 is 23.2 Å². The van der Waals surface area contributed by atoms with Crippen LogP contribution in [0.3, 0.4) is 0 Å². The van der Waals surface area contributed by atoms with Gasteiger partial charge in [-0.2, -0.15) is 0 Å². The molecule has 1 atom stereocenters. The van der Waals surface area contributed by atoms with Gasteiger partial charge in [-0.1, -0.05) is 23.2 Å². The maximum Gasteiger partial charge on any atom is 0.248 e. The molecule has 2 rings (SSSR count). The lowest BCUT2D eigenvalue weighted by Gasteiger charge is -2.29. The maximum atomic E-state index is 12.8. The van der Waals surface area contributed by atoms with Crippen molar-refractivity contribution in [1.29, 1.82) is 0 Å². The van der Waals surface area contributed by atoms with E-state index in [-0.39, 0.29) is 11.4 Å². The fraction of sp³-hybridized carbons (Fsp3) is 0.278. The van der Waals surface area contributed by atoms with Crippen molar-refractivity contribution in [3.8, 4) is 5.75 Å². The van der Waals surface area contributed by atoms with E-state index < -0.39 is 22.0 Å². The predicted molar refractivity (Wildman–Crippen MR) is 110 cm³/mol. The van der Waals surface area contributed by atoms with Crippen LogP contribution in [-0.2, 0) is 14.8 Å². The average molecular weight is 431 g/mol. The summed E-state index contributed by atoms with van der Waals surface area (Å²) in [5.41, 5.74) is 1.49. The van der Waals surface area contributed by atoms with Gasteiger partial charge < -0.3 is 10.1 Å². The Labute approximate surface area is 169 Å². The lowest BCUT2D eigenvalue weighted by molar-refractivity contribution is -0.116. The molecule has 0 saturated heterocycles. The number of hydrogen-bond acceptors (Lipinski definition) is 4. The molecule has 0 unspecified atom stereocenters. The van der Waals surface area contributed by atoms with Crippen molar-refractivity contribution in [2.24, 2.45) is 0 Å². The molecule has 27 heavy (non-hydrogen) atoms. The van der Waals surface area contributed by atoms with Gasteiger partial charge in [-0.25, -0.2) is 8.42 Å². The standard InChI is InChI=1S/C18H20Cl2N2O4S/c1-11-9-13(19)5-7-15(11)21-18(23)12(2)22(27(4,24)25)16-10-14(20)6-8-17(16)26-3/h5-10,12H,1-4H3,(H,21,23)/t12-/m0/s1. The molecule has 0 fully saturated rings. The van der Waals surface area contributed by atoms with Gasteiger partial charge in [0.1, 0.15) is 11.8 Å². The molecule has 0 aliphatic carbocycles. The van der Waals surface area contributed by atoms with E-state index in [1.54, 1.807) is 37.3 Å². The van der Waals surface area contributed by atoms with Crippen LogP contribution in [0.25, 0.3) is 0 Å². The number of carbonyl (C=O) groups excluding carboxylic acids is 1. The topological polar surface area (TPSA) is 75.7 Å². The van der Waals surface area contributed by atoms with E-state index >= 15 is 0 Å².